The van der Waals surface area contributed by atoms with Gasteiger partial charge in [0.1, 0.15) is 5.75 Å². The van der Waals surface area contributed by atoms with E-state index >= 15 is 0 Å². The monoisotopic (exact) mass is 260 g/mol. The Morgan fingerprint density at radius 3 is 2.79 bits per heavy atom. The minimum absolute atomic E-state index is 0.0299. The molecule has 3 rings (SSSR count). The number of amides is 2. The summed E-state index contributed by atoms with van der Waals surface area (Å²) >= 11 is 0. The van der Waals surface area contributed by atoms with Gasteiger partial charge < -0.3 is 15.0 Å². The average Bonchev–Trinajstić information content (AvgIpc) is 2.46. The van der Waals surface area contributed by atoms with Crippen molar-refractivity contribution >= 4 is 17.5 Å². The first-order chi connectivity index (χ1) is 9.24. The molecule has 1 fully saturated rings. The quantitative estimate of drug-likeness (QED) is 0.835. The first kappa shape index (κ1) is 12.0. The molecule has 0 atom stereocenters. The first-order valence-electron chi connectivity index (χ1n) is 6.60. The van der Waals surface area contributed by atoms with Crippen LogP contribution in [0.1, 0.15) is 29.6 Å². The Bertz CT molecular complexity index is 521. The van der Waals surface area contributed by atoms with Crippen molar-refractivity contribution in [3.05, 3.63) is 23.8 Å². The molecule has 5 heteroatoms. The summed E-state index contributed by atoms with van der Waals surface area (Å²) in [5.74, 6) is 0.465. The van der Waals surface area contributed by atoms with E-state index in [0.717, 1.165) is 25.9 Å². The molecule has 2 amide bonds. The molecule has 0 radical (unpaired) electrons. The van der Waals surface area contributed by atoms with Gasteiger partial charge in [-0.3, -0.25) is 9.59 Å². The van der Waals surface area contributed by atoms with E-state index < -0.39 is 0 Å². The number of nitrogens with zero attached hydrogens (tertiary/aromatic N) is 1. The molecular weight excluding hydrogens is 244 g/mol. The van der Waals surface area contributed by atoms with Crippen LogP contribution in [0, 0.1) is 0 Å². The van der Waals surface area contributed by atoms with E-state index in [2.05, 4.69) is 5.32 Å². The highest BCUT2D eigenvalue weighted by Gasteiger charge is 2.21. The van der Waals surface area contributed by atoms with Crippen molar-refractivity contribution in [3.8, 4) is 5.75 Å². The second kappa shape index (κ2) is 4.91. The summed E-state index contributed by atoms with van der Waals surface area (Å²) in [6, 6.07) is 5.20. The molecule has 0 aromatic heterocycles. The van der Waals surface area contributed by atoms with Gasteiger partial charge in [0, 0.05) is 18.7 Å². The number of hydrogen-bond donors (Lipinski definition) is 1. The van der Waals surface area contributed by atoms with Crippen molar-refractivity contribution in [3.63, 3.8) is 0 Å². The van der Waals surface area contributed by atoms with E-state index in [1.54, 1.807) is 18.2 Å². The lowest BCUT2D eigenvalue weighted by atomic mass is 10.1. The molecule has 2 aliphatic rings. The normalized spacial score (nSPS) is 18.3. The lowest BCUT2D eigenvalue weighted by Gasteiger charge is -2.27. The van der Waals surface area contributed by atoms with Gasteiger partial charge in [-0.25, -0.2) is 0 Å². The minimum Gasteiger partial charge on any atom is -0.482 e. The van der Waals surface area contributed by atoms with Crippen molar-refractivity contribution in [2.75, 3.05) is 25.0 Å². The average molecular weight is 260 g/mol. The Morgan fingerprint density at radius 2 is 2.00 bits per heavy atom. The number of ether oxygens (including phenoxy) is 1. The van der Waals surface area contributed by atoms with Crippen molar-refractivity contribution in [1.29, 1.82) is 0 Å². The Morgan fingerprint density at radius 1 is 1.21 bits per heavy atom. The van der Waals surface area contributed by atoms with Gasteiger partial charge in [-0.1, -0.05) is 0 Å². The number of carbonyl (C=O) groups is 2. The van der Waals surface area contributed by atoms with Gasteiger partial charge in [0.05, 0.1) is 5.69 Å². The molecule has 2 aliphatic heterocycles. The molecule has 2 heterocycles. The number of anilines is 1. The lowest BCUT2D eigenvalue weighted by molar-refractivity contribution is -0.118. The maximum atomic E-state index is 12.3. The van der Waals surface area contributed by atoms with Crippen LogP contribution in [-0.2, 0) is 4.79 Å². The van der Waals surface area contributed by atoms with E-state index in [0.29, 0.717) is 17.0 Å². The molecule has 0 spiro atoms. The molecule has 100 valence electrons. The third kappa shape index (κ3) is 2.41. The maximum Gasteiger partial charge on any atom is 0.262 e. The van der Waals surface area contributed by atoms with Gasteiger partial charge >= 0.3 is 0 Å². The predicted molar refractivity (Wildman–Crippen MR) is 70.3 cm³/mol. The second-order valence-electron chi connectivity index (χ2n) is 4.90. The first-order valence-corrected chi connectivity index (χ1v) is 6.60. The smallest absolute Gasteiger partial charge is 0.262 e. The highest BCUT2D eigenvalue weighted by atomic mass is 16.5. The van der Waals surface area contributed by atoms with Crippen molar-refractivity contribution in [2.24, 2.45) is 0 Å². The molecule has 1 aromatic carbocycles. The van der Waals surface area contributed by atoms with Gasteiger partial charge in [-0.15, -0.1) is 0 Å². The molecule has 19 heavy (non-hydrogen) atoms. The van der Waals surface area contributed by atoms with E-state index in [9.17, 15) is 9.59 Å². The molecule has 1 aromatic rings. The summed E-state index contributed by atoms with van der Waals surface area (Å²) in [6.45, 7) is 1.67. The Kier molecular flexibility index (Phi) is 3.11. The number of rotatable bonds is 1. The van der Waals surface area contributed by atoms with Gasteiger partial charge in [0.2, 0.25) is 0 Å². The van der Waals surface area contributed by atoms with E-state index in [4.69, 9.17) is 4.74 Å². The van der Waals surface area contributed by atoms with Crippen LogP contribution in [0.2, 0.25) is 0 Å². The number of carbonyl (C=O) groups excluding carboxylic acids is 2. The Hall–Kier alpha value is -2.04. The van der Waals surface area contributed by atoms with Crippen molar-refractivity contribution < 1.29 is 14.3 Å². The Balaban J connectivity index is 1.83. The van der Waals surface area contributed by atoms with Crippen LogP contribution < -0.4 is 10.1 Å². The second-order valence-corrected chi connectivity index (χ2v) is 4.90. The molecule has 1 saturated heterocycles. The summed E-state index contributed by atoms with van der Waals surface area (Å²) in [7, 11) is 0. The third-order valence-corrected chi connectivity index (χ3v) is 3.50. The number of benzene rings is 1. The molecule has 1 N–H and O–H groups in total. The van der Waals surface area contributed by atoms with Gasteiger partial charge in [-0.2, -0.15) is 0 Å². The number of likely N-dealkylation sites (tertiary alicyclic amines) is 1. The summed E-state index contributed by atoms with van der Waals surface area (Å²) in [5, 5.41) is 2.72. The lowest BCUT2D eigenvalue weighted by Crippen LogP contribution is -2.35. The highest BCUT2D eigenvalue weighted by Crippen LogP contribution is 2.29. The number of fused-ring (bicyclic) bond motifs is 1. The van der Waals surface area contributed by atoms with Gasteiger partial charge in [0.15, 0.2) is 6.61 Å². The fourth-order valence-electron chi connectivity index (χ4n) is 2.50. The predicted octanol–water partition coefficient (Wildman–Crippen LogP) is 1.64. The molecule has 0 saturated carbocycles. The zero-order valence-corrected chi connectivity index (χ0v) is 10.6. The molecule has 0 aliphatic carbocycles. The standard InChI is InChI=1S/C14H16N2O3/c17-13-9-19-12-5-4-10(8-11(12)15-13)14(18)16-6-2-1-3-7-16/h4-5,8H,1-3,6-7,9H2,(H,15,17). The number of nitrogens with one attached hydrogen (secondary N) is 1. The van der Waals surface area contributed by atoms with Crippen LogP contribution in [0.15, 0.2) is 18.2 Å². The highest BCUT2D eigenvalue weighted by molar-refractivity contribution is 5.99. The zero-order chi connectivity index (χ0) is 13.2. The summed E-state index contributed by atoms with van der Waals surface area (Å²) in [5.41, 5.74) is 1.19. The fourth-order valence-corrected chi connectivity index (χ4v) is 2.50. The SMILES string of the molecule is O=C1COc2ccc(C(=O)N3CCCCC3)cc2N1. The number of piperidine rings is 1. The Labute approximate surface area is 111 Å². The van der Waals surface area contributed by atoms with E-state index in [1.165, 1.54) is 6.42 Å². The zero-order valence-electron chi connectivity index (χ0n) is 10.6. The van der Waals surface area contributed by atoms with Crippen LogP contribution in [-0.4, -0.2) is 36.4 Å². The van der Waals surface area contributed by atoms with Crippen LogP contribution >= 0.6 is 0 Å². The molecule has 0 unspecified atom stereocenters. The molecule has 5 nitrogen and oxygen atoms in total. The van der Waals surface area contributed by atoms with Crippen LogP contribution in [0.3, 0.4) is 0 Å². The summed E-state index contributed by atoms with van der Waals surface area (Å²) in [4.78, 5) is 25.5. The fraction of sp³-hybridized carbons (Fsp3) is 0.429. The van der Waals surface area contributed by atoms with Crippen LogP contribution in [0.5, 0.6) is 5.75 Å². The maximum absolute atomic E-state index is 12.3. The number of hydrogen-bond acceptors (Lipinski definition) is 3. The van der Waals surface area contributed by atoms with E-state index in [1.807, 2.05) is 4.90 Å². The van der Waals surface area contributed by atoms with Gasteiger partial charge in [-0.05, 0) is 37.5 Å². The topological polar surface area (TPSA) is 58.6 Å². The summed E-state index contributed by atoms with van der Waals surface area (Å²) < 4.78 is 5.28. The van der Waals surface area contributed by atoms with Crippen LogP contribution in [0.4, 0.5) is 5.69 Å². The summed E-state index contributed by atoms with van der Waals surface area (Å²) in [6.07, 6.45) is 3.32. The van der Waals surface area contributed by atoms with Crippen molar-refractivity contribution in [2.45, 2.75) is 19.3 Å². The molecule has 0 bridgehead atoms. The van der Waals surface area contributed by atoms with E-state index in [-0.39, 0.29) is 18.4 Å². The largest absolute Gasteiger partial charge is 0.482 e. The third-order valence-electron chi connectivity index (χ3n) is 3.50. The van der Waals surface area contributed by atoms with Crippen molar-refractivity contribution in [1.82, 2.24) is 4.90 Å². The minimum atomic E-state index is -0.185. The van der Waals surface area contributed by atoms with Gasteiger partial charge in [0.25, 0.3) is 11.8 Å². The van der Waals surface area contributed by atoms with Crippen LogP contribution in [0.25, 0.3) is 0 Å². The molecular formula is C14H16N2O3.